The van der Waals surface area contributed by atoms with Crippen molar-refractivity contribution < 1.29 is 0 Å². The molecule has 4 aromatic rings. The van der Waals surface area contributed by atoms with Crippen LogP contribution in [0.1, 0.15) is 46.1 Å². The molecule has 0 bridgehead atoms. The molecule has 0 amide bonds. The van der Waals surface area contributed by atoms with Gasteiger partial charge in [-0.2, -0.15) is 15.3 Å². The van der Waals surface area contributed by atoms with E-state index in [9.17, 15) is 0 Å². The zero-order chi connectivity index (χ0) is 19.8. The van der Waals surface area contributed by atoms with Gasteiger partial charge in [0.1, 0.15) is 6.04 Å². The van der Waals surface area contributed by atoms with Gasteiger partial charge in [-0.1, -0.05) is 36.9 Å². The second-order valence-electron chi connectivity index (χ2n) is 7.72. The molecular formula is C23H24N6. The van der Waals surface area contributed by atoms with Gasteiger partial charge in [0.15, 0.2) is 0 Å². The van der Waals surface area contributed by atoms with Crippen LogP contribution in [0, 0.1) is 0 Å². The van der Waals surface area contributed by atoms with Gasteiger partial charge in [-0.3, -0.25) is 14.5 Å². The zero-order valence-corrected chi connectivity index (χ0v) is 16.5. The first-order valence-electron chi connectivity index (χ1n) is 10.00. The van der Waals surface area contributed by atoms with Crippen LogP contribution in [-0.2, 0) is 26.3 Å². The Bertz CT molecular complexity index is 1150. The maximum atomic E-state index is 4.70. The first-order chi connectivity index (χ1) is 14.2. The van der Waals surface area contributed by atoms with Crippen molar-refractivity contribution in [3.63, 3.8) is 0 Å². The van der Waals surface area contributed by atoms with Crippen molar-refractivity contribution >= 4 is 5.57 Å². The molecule has 1 N–H and O–H groups in total. The van der Waals surface area contributed by atoms with E-state index in [1.165, 1.54) is 28.0 Å². The fraction of sp³-hybridized carbons (Fsp3) is 0.261. The number of H-pyrrole nitrogens is 1. The van der Waals surface area contributed by atoms with E-state index in [4.69, 9.17) is 5.10 Å². The molecule has 0 aliphatic heterocycles. The van der Waals surface area contributed by atoms with E-state index in [1.54, 1.807) is 0 Å². The predicted molar refractivity (Wildman–Crippen MR) is 112 cm³/mol. The second kappa shape index (κ2) is 7.20. The van der Waals surface area contributed by atoms with Gasteiger partial charge in [0.05, 0.1) is 18.1 Å². The summed E-state index contributed by atoms with van der Waals surface area (Å²) < 4.78 is 3.87. The smallest absolute Gasteiger partial charge is 0.105 e. The minimum Gasteiger partial charge on any atom is -0.282 e. The van der Waals surface area contributed by atoms with E-state index >= 15 is 0 Å². The van der Waals surface area contributed by atoms with Gasteiger partial charge in [0.2, 0.25) is 0 Å². The number of hydrogen-bond acceptors (Lipinski definition) is 3. The summed E-state index contributed by atoms with van der Waals surface area (Å²) in [5.74, 6) is 0. The number of aromatic nitrogens is 6. The second-order valence-corrected chi connectivity index (χ2v) is 7.72. The molecule has 29 heavy (non-hydrogen) atoms. The van der Waals surface area contributed by atoms with Crippen molar-refractivity contribution in [3.05, 3.63) is 95.3 Å². The van der Waals surface area contributed by atoms with Crippen LogP contribution in [0.15, 0.2) is 61.7 Å². The summed E-state index contributed by atoms with van der Waals surface area (Å²) in [5, 5.41) is 16.8. The summed E-state index contributed by atoms with van der Waals surface area (Å²) in [6.45, 7) is 4.20. The average molecular weight is 384 g/mol. The van der Waals surface area contributed by atoms with Crippen molar-refractivity contribution in [2.75, 3.05) is 0 Å². The Labute approximate surface area is 169 Å². The van der Waals surface area contributed by atoms with Crippen LogP contribution in [0.2, 0.25) is 0 Å². The van der Waals surface area contributed by atoms with E-state index in [2.05, 4.69) is 58.5 Å². The Balaban J connectivity index is 1.39. The van der Waals surface area contributed by atoms with Gasteiger partial charge in [-0.05, 0) is 42.4 Å². The maximum Gasteiger partial charge on any atom is 0.105 e. The van der Waals surface area contributed by atoms with Crippen LogP contribution in [0.3, 0.4) is 0 Å². The highest BCUT2D eigenvalue weighted by Crippen LogP contribution is 2.32. The third-order valence-corrected chi connectivity index (χ3v) is 5.67. The number of allylic oxidation sites excluding steroid dienone is 1. The van der Waals surface area contributed by atoms with Crippen molar-refractivity contribution in [2.45, 2.75) is 31.7 Å². The lowest BCUT2D eigenvalue weighted by molar-refractivity contribution is 0.594. The van der Waals surface area contributed by atoms with Crippen molar-refractivity contribution in [1.82, 2.24) is 29.8 Å². The monoisotopic (exact) mass is 384 g/mol. The summed E-state index contributed by atoms with van der Waals surface area (Å²) in [6, 6.07) is 10.4. The van der Waals surface area contributed by atoms with E-state index in [0.29, 0.717) is 0 Å². The van der Waals surface area contributed by atoms with E-state index in [0.717, 1.165) is 36.9 Å². The van der Waals surface area contributed by atoms with Crippen LogP contribution < -0.4 is 0 Å². The first-order valence-corrected chi connectivity index (χ1v) is 10.00. The molecule has 1 aliphatic rings. The molecule has 0 spiro atoms. The van der Waals surface area contributed by atoms with Gasteiger partial charge < -0.3 is 0 Å². The minimum atomic E-state index is 0.00746. The lowest BCUT2D eigenvalue weighted by Gasteiger charge is -2.16. The Morgan fingerprint density at radius 3 is 2.69 bits per heavy atom. The maximum absolute atomic E-state index is 4.70. The summed E-state index contributed by atoms with van der Waals surface area (Å²) in [4.78, 5) is 0. The first kappa shape index (κ1) is 17.7. The Morgan fingerprint density at radius 2 is 1.90 bits per heavy atom. The minimum absolute atomic E-state index is 0.00746. The Morgan fingerprint density at radius 1 is 1.03 bits per heavy atom. The molecule has 1 atom stereocenters. The number of nitrogens with zero attached hydrogens (tertiary/aromatic N) is 5. The van der Waals surface area contributed by atoms with Crippen LogP contribution in [0.5, 0.6) is 0 Å². The van der Waals surface area contributed by atoms with Crippen LogP contribution >= 0.6 is 0 Å². The molecule has 6 nitrogen and oxygen atoms in total. The molecule has 0 saturated carbocycles. The SMILES string of the molecule is C=C1CCc2[nH]nc(CCc3cnn(C(c4ccccc4)c4cnn(C)c4)c3)c21. The lowest BCUT2D eigenvalue weighted by Crippen LogP contribution is -2.12. The number of benzene rings is 1. The Hall–Kier alpha value is -3.41. The molecule has 3 heterocycles. The third-order valence-electron chi connectivity index (χ3n) is 5.67. The van der Waals surface area contributed by atoms with E-state index < -0.39 is 0 Å². The summed E-state index contributed by atoms with van der Waals surface area (Å²) in [6.07, 6.45) is 11.9. The van der Waals surface area contributed by atoms with Crippen LogP contribution in [-0.4, -0.2) is 29.8 Å². The van der Waals surface area contributed by atoms with Crippen LogP contribution in [0.4, 0.5) is 0 Å². The van der Waals surface area contributed by atoms with E-state index in [1.807, 2.05) is 34.9 Å². The number of aromatic amines is 1. The number of fused-ring (bicyclic) bond motifs is 1. The average Bonchev–Trinajstić information content (AvgIpc) is 3.50. The highest BCUT2D eigenvalue weighted by atomic mass is 15.3. The number of aryl methyl sites for hydroxylation is 4. The molecule has 3 aromatic heterocycles. The van der Waals surface area contributed by atoms with Gasteiger partial charge in [0, 0.05) is 36.3 Å². The lowest BCUT2D eigenvalue weighted by atomic mass is 10.0. The highest BCUT2D eigenvalue weighted by Gasteiger charge is 2.22. The topological polar surface area (TPSA) is 64.3 Å². The van der Waals surface area contributed by atoms with Crippen LogP contribution in [0.25, 0.3) is 5.57 Å². The number of hydrogen-bond donors (Lipinski definition) is 1. The summed E-state index contributed by atoms with van der Waals surface area (Å²) in [5.41, 5.74) is 8.35. The number of rotatable bonds is 6. The fourth-order valence-electron chi connectivity index (χ4n) is 4.23. The largest absolute Gasteiger partial charge is 0.282 e. The molecule has 1 unspecified atom stereocenters. The molecule has 146 valence electrons. The fourth-order valence-corrected chi connectivity index (χ4v) is 4.23. The molecule has 1 aromatic carbocycles. The third kappa shape index (κ3) is 3.31. The molecular weight excluding hydrogens is 360 g/mol. The normalized spacial score (nSPS) is 14.3. The molecule has 0 saturated heterocycles. The molecule has 5 rings (SSSR count). The summed E-state index contributed by atoms with van der Waals surface area (Å²) >= 11 is 0. The van der Waals surface area contributed by atoms with Crippen molar-refractivity contribution in [2.24, 2.45) is 7.05 Å². The molecule has 1 aliphatic carbocycles. The number of nitrogens with one attached hydrogen (secondary N) is 1. The van der Waals surface area contributed by atoms with Gasteiger partial charge in [0.25, 0.3) is 0 Å². The molecule has 0 fully saturated rings. The van der Waals surface area contributed by atoms with Crippen molar-refractivity contribution in [3.8, 4) is 0 Å². The quantitative estimate of drug-likeness (QED) is 0.551. The van der Waals surface area contributed by atoms with Crippen molar-refractivity contribution in [1.29, 1.82) is 0 Å². The highest BCUT2D eigenvalue weighted by molar-refractivity contribution is 5.71. The van der Waals surface area contributed by atoms with Gasteiger partial charge in [-0.15, -0.1) is 0 Å². The van der Waals surface area contributed by atoms with Gasteiger partial charge in [-0.25, -0.2) is 0 Å². The van der Waals surface area contributed by atoms with Gasteiger partial charge >= 0.3 is 0 Å². The predicted octanol–water partition coefficient (Wildman–Crippen LogP) is 3.72. The van der Waals surface area contributed by atoms with E-state index in [-0.39, 0.29) is 6.04 Å². The molecule has 6 heteroatoms. The molecule has 0 radical (unpaired) electrons. The summed E-state index contributed by atoms with van der Waals surface area (Å²) in [7, 11) is 1.94. The Kier molecular flexibility index (Phi) is 4.39. The zero-order valence-electron chi connectivity index (χ0n) is 16.5. The standard InChI is InChI=1S/C23H24N6/c1-16-8-10-20-22(16)21(27-26-20)11-9-17-12-25-29(14-17)23(18-6-4-3-5-7-18)19-13-24-28(2)15-19/h3-7,12-15,23H,1,8-11H2,2H3,(H,26,27).